The van der Waals surface area contributed by atoms with E-state index in [1.165, 1.54) is 12.4 Å². The Morgan fingerprint density at radius 3 is 2.58 bits per heavy atom. The van der Waals surface area contributed by atoms with Crippen molar-refractivity contribution in [3.63, 3.8) is 0 Å². The lowest BCUT2D eigenvalue weighted by atomic mass is 10.1. The number of carbonyl (C=O) groups is 2. The maximum Gasteiger partial charge on any atom is 0.413 e. The van der Waals surface area contributed by atoms with Gasteiger partial charge in [0.05, 0.1) is 29.6 Å². The minimum absolute atomic E-state index is 0.277. The van der Waals surface area contributed by atoms with Crippen LogP contribution < -0.4 is 15.6 Å². The fourth-order valence-electron chi connectivity index (χ4n) is 4.52. The van der Waals surface area contributed by atoms with Gasteiger partial charge < -0.3 is 19.3 Å². The molecule has 2 N–H and O–H groups in total. The number of amides is 1. The van der Waals surface area contributed by atoms with Crippen LogP contribution in [0.15, 0.2) is 59.8 Å². The van der Waals surface area contributed by atoms with Crippen LogP contribution in [0.3, 0.4) is 0 Å². The molecule has 0 saturated heterocycles. The highest BCUT2D eigenvalue weighted by atomic mass is 16.6. The molecular formula is C28H27N5O5. The van der Waals surface area contributed by atoms with E-state index in [0.29, 0.717) is 29.9 Å². The van der Waals surface area contributed by atoms with Crippen molar-refractivity contribution >= 4 is 34.5 Å². The summed E-state index contributed by atoms with van der Waals surface area (Å²) in [7, 11) is 0. The minimum atomic E-state index is -1.32. The molecule has 0 unspecified atom stereocenters. The molecule has 194 valence electrons. The number of fused-ring (bicyclic) bond motifs is 2. The van der Waals surface area contributed by atoms with Crippen LogP contribution in [0.2, 0.25) is 0 Å². The van der Waals surface area contributed by atoms with Crippen LogP contribution in [-0.4, -0.2) is 37.3 Å². The van der Waals surface area contributed by atoms with Crippen LogP contribution in [-0.2, 0) is 17.8 Å². The first-order valence-corrected chi connectivity index (χ1v) is 12.1. The normalized spacial score (nSPS) is 12.9. The summed E-state index contributed by atoms with van der Waals surface area (Å²) in [5, 5.41) is 12.6. The Morgan fingerprint density at radius 1 is 1.11 bits per heavy atom. The summed E-state index contributed by atoms with van der Waals surface area (Å²) in [6.07, 6.45) is 3.98. The predicted molar refractivity (Wildman–Crippen MR) is 143 cm³/mol. The van der Waals surface area contributed by atoms with Gasteiger partial charge in [-0.1, -0.05) is 6.07 Å². The van der Waals surface area contributed by atoms with Gasteiger partial charge in [0.2, 0.25) is 5.43 Å². The highest BCUT2D eigenvalue weighted by Crippen LogP contribution is 2.30. The number of nitrogens with one attached hydrogen (secondary N) is 1. The van der Waals surface area contributed by atoms with Crippen molar-refractivity contribution in [2.24, 2.45) is 0 Å². The van der Waals surface area contributed by atoms with E-state index in [0.717, 1.165) is 16.9 Å². The summed E-state index contributed by atoms with van der Waals surface area (Å²) in [6.45, 7) is 8.42. The van der Waals surface area contributed by atoms with Gasteiger partial charge in [0.25, 0.3) is 0 Å². The van der Waals surface area contributed by atoms with Gasteiger partial charge in [0, 0.05) is 30.0 Å². The molecule has 0 atom stereocenters. The lowest BCUT2D eigenvalue weighted by Gasteiger charge is -2.21. The molecule has 1 aromatic carbocycles. The Hall–Kier alpha value is -4.73. The molecule has 4 heterocycles. The molecule has 3 aromatic heterocycles. The van der Waals surface area contributed by atoms with Gasteiger partial charge in [-0.15, -0.1) is 0 Å². The number of hydrogen-bond donors (Lipinski definition) is 2. The number of carboxylic acids is 1. The Labute approximate surface area is 218 Å². The van der Waals surface area contributed by atoms with Gasteiger partial charge in [-0.05, 0) is 69.2 Å². The maximum atomic E-state index is 13.0. The molecule has 10 heteroatoms. The number of rotatable bonds is 4. The molecule has 4 aromatic rings. The van der Waals surface area contributed by atoms with Crippen LogP contribution in [0.1, 0.15) is 48.0 Å². The van der Waals surface area contributed by atoms with E-state index in [4.69, 9.17) is 4.74 Å². The van der Waals surface area contributed by atoms with Gasteiger partial charge in [0.1, 0.15) is 17.0 Å². The van der Waals surface area contributed by atoms with E-state index in [2.05, 4.69) is 20.2 Å². The topological polar surface area (TPSA) is 127 Å². The average molecular weight is 514 g/mol. The number of benzene rings is 1. The third kappa shape index (κ3) is 4.80. The lowest BCUT2D eigenvalue weighted by Crippen LogP contribution is -2.27. The Balaban J connectivity index is 1.58. The Kier molecular flexibility index (Phi) is 6.10. The quantitative estimate of drug-likeness (QED) is 0.404. The largest absolute Gasteiger partial charge is 0.477 e. The maximum absolute atomic E-state index is 13.0. The average Bonchev–Trinajstić information content (AvgIpc) is 3.28. The number of anilines is 2. The zero-order valence-corrected chi connectivity index (χ0v) is 21.5. The standard InChI is InChI=1S/C28H27N5O5/c1-16-10-24(31-27(37)38-28(2,3)4)30-12-23(16)33-14-20(26(35)36)25(34)19-8-7-18(11-22(19)33)32-13-17-6-5-9-29-21(17)15-32/h5-12,14H,13,15H2,1-4H3,(H,35,36)(H,30,31,37). The summed E-state index contributed by atoms with van der Waals surface area (Å²) >= 11 is 0. The van der Waals surface area contributed by atoms with Gasteiger partial charge >= 0.3 is 12.1 Å². The second-order valence-corrected chi connectivity index (χ2v) is 10.2. The van der Waals surface area contributed by atoms with E-state index < -0.39 is 23.1 Å². The lowest BCUT2D eigenvalue weighted by molar-refractivity contribution is 0.0633. The molecule has 0 bridgehead atoms. The van der Waals surface area contributed by atoms with Crippen molar-refractivity contribution in [3.05, 3.63) is 87.6 Å². The molecule has 0 saturated carbocycles. The van der Waals surface area contributed by atoms with Gasteiger partial charge in [-0.3, -0.25) is 15.1 Å². The zero-order chi connectivity index (χ0) is 27.2. The van der Waals surface area contributed by atoms with E-state index in [1.54, 1.807) is 43.7 Å². The number of pyridine rings is 3. The second-order valence-electron chi connectivity index (χ2n) is 10.2. The summed E-state index contributed by atoms with van der Waals surface area (Å²) in [5.74, 6) is -1.03. The molecular weight excluding hydrogens is 486 g/mol. The number of hydrogen-bond acceptors (Lipinski definition) is 7. The number of ether oxygens (including phenoxy) is 1. The van der Waals surface area contributed by atoms with E-state index >= 15 is 0 Å². The molecule has 10 nitrogen and oxygen atoms in total. The third-order valence-corrected chi connectivity index (χ3v) is 6.24. The highest BCUT2D eigenvalue weighted by Gasteiger charge is 2.23. The Bertz CT molecular complexity index is 1630. The van der Waals surface area contributed by atoms with Crippen molar-refractivity contribution in [2.75, 3.05) is 10.2 Å². The SMILES string of the molecule is Cc1cc(NC(=O)OC(C)(C)C)ncc1-n1cc(C(=O)O)c(=O)c2ccc(N3Cc4cccnc4C3)cc21. The van der Waals surface area contributed by atoms with Crippen molar-refractivity contribution in [1.29, 1.82) is 0 Å². The van der Waals surface area contributed by atoms with Gasteiger partial charge in [0.15, 0.2) is 0 Å². The number of aryl methyl sites for hydroxylation is 1. The van der Waals surface area contributed by atoms with E-state index in [-0.39, 0.29) is 16.8 Å². The minimum Gasteiger partial charge on any atom is -0.477 e. The van der Waals surface area contributed by atoms with Crippen molar-refractivity contribution < 1.29 is 19.4 Å². The molecule has 1 aliphatic rings. The fraction of sp³-hybridized carbons (Fsp3) is 0.250. The van der Waals surface area contributed by atoms with Crippen molar-refractivity contribution in [1.82, 2.24) is 14.5 Å². The molecule has 0 aliphatic carbocycles. The highest BCUT2D eigenvalue weighted by molar-refractivity contribution is 5.94. The second kappa shape index (κ2) is 9.29. The fourth-order valence-corrected chi connectivity index (χ4v) is 4.52. The molecule has 5 rings (SSSR count). The monoisotopic (exact) mass is 513 g/mol. The van der Waals surface area contributed by atoms with Crippen LogP contribution in [0.4, 0.5) is 16.3 Å². The first-order valence-electron chi connectivity index (χ1n) is 12.1. The third-order valence-electron chi connectivity index (χ3n) is 6.24. The number of aromatic nitrogens is 3. The van der Waals surface area contributed by atoms with Crippen LogP contribution in [0, 0.1) is 6.92 Å². The zero-order valence-electron chi connectivity index (χ0n) is 21.5. The van der Waals surface area contributed by atoms with Crippen LogP contribution >= 0.6 is 0 Å². The molecule has 0 spiro atoms. The smallest absolute Gasteiger partial charge is 0.413 e. The number of carboxylic acid groups (broad SMARTS) is 1. The Morgan fingerprint density at radius 2 is 1.89 bits per heavy atom. The summed E-state index contributed by atoms with van der Waals surface area (Å²) < 4.78 is 6.95. The first-order chi connectivity index (χ1) is 18.0. The summed E-state index contributed by atoms with van der Waals surface area (Å²) in [6, 6.07) is 11.0. The predicted octanol–water partition coefficient (Wildman–Crippen LogP) is 4.65. The number of carbonyl (C=O) groups excluding carboxylic acids is 1. The van der Waals surface area contributed by atoms with Crippen molar-refractivity contribution in [2.45, 2.75) is 46.4 Å². The molecule has 38 heavy (non-hydrogen) atoms. The summed E-state index contributed by atoms with van der Waals surface area (Å²) in [4.78, 5) is 48.1. The molecule has 1 aliphatic heterocycles. The first kappa shape index (κ1) is 24.9. The van der Waals surface area contributed by atoms with Gasteiger partial charge in [-0.25, -0.2) is 14.6 Å². The van der Waals surface area contributed by atoms with Crippen LogP contribution in [0.5, 0.6) is 0 Å². The van der Waals surface area contributed by atoms with Gasteiger partial charge in [-0.2, -0.15) is 0 Å². The molecule has 1 amide bonds. The molecule has 0 fully saturated rings. The van der Waals surface area contributed by atoms with E-state index in [9.17, 15) is 19.5 Å². The molecule has 0 radical (unpaired) electrons. The van der Waals surface area contributed by atoms with Crippen molar-refractivity contribution in [3.8, 4) is 5.69 Å². The van der Waals surface area contributed by atoms with E-state index in [1.807, 2.05) is 31.2 Å². The summed E-state index contributed by atoms with van der Waals surface area (Å²) in [5.41, 5.74) is 3.25. The number of nitrogens with zero attached hydrogens (tertiary/aromatic N) is 4. The number of aromatic carboxylic acids is 1. The van der Waals surface area contributed by atoms with Crippen LogP contribution in [0.25, 0.3) is 16.6 Å².